The minimum absolute atomic E-state index is 0.0359. The number of rotatable bonds is 4. The van der Waals surface area contributed by atoms with Crippen molar-refractivity contribution in [3.05, 3.63) is 29.8 Å². The molecule has 0 radical (unpaired) electrons. The monoisotopic (exact) mass is 272 g/mol. The third-order valence-electron chi connectivity index (χ3n) is 3.05. The highest BCUT2D eigenvalue weighted by Crippen LogP contribution is 2.41. The van der Waals surface area contributed by atoms with Crippen LogP contribution >= 0.6 is 11.8 Å². The quantitative estimate of drug-likeness (QED) is 0.781. The molecule has 2 nitrogen and oxygen atoms in total. The van der Waals surface area contributed by atoms with E-state index in [2.05, 4.69) is 4.74 Å². The van der Waals surface area contributed by atoms with Crippen LogP contribution in [0.5, 0.6) is 5.75 Å². The molecule has 1 aliphatic rings. The van der Waals surface area contributed by atoms with Crippen molar-refractivity contribution < 1.29 is 18.3 Å². The molecule has 0 aromatic heterocycles. The number of Topliss-reactive ketones (excluding diaryl/α,β-unsaturated/α-hetero) is 1. The Balaban J connectivity index is 2.29. The third kappa shape index (κ3) is 2.66. The van der Waals surface area contributed by atoms with Gasteiger partial charge >= 0.3 is 6.61 Å². The Bertz CT molecular complexity index is 442. The number of hydrogen-bond acceptors (Lipinski definition) is 3. The first kappa shape index (κ1) is 13.3. The van der Waals surface area contributed by atoms with Gasteiger partial charge in [0.25, 0.3) is 0 Å². The second kappa shape index (κ2) is 5.26. The lowest BCUT2D eigenvalue weighted by Gasteiger charge is -2.22. The second-order valence-electron chi connectivity index (χ2n) is 4.39. The second-order valence-corrected chi connectivity index (χ2v) is 5.98. The summed E-state index contributed by atoms with van der Waals surface area (Å²) in [7, 11) is 0. The van der Waals surface area contributed by atoms with Crippen LogP contribution in [0.4, 0.5) is 8.78 Å². The fourth-order valence-electron chi connectivity index (χ4n) is 2.10. The molecule has 1 aliphatic heterocycles. The number of benzene rings is 1. The minimum atomic E-state index is -2.91. The molecule has 5 heteroatoms. The Morgan fingerprint density at radius 1 is 1.44 bits per heavy atom. The average molecular weight is 272 g/mol. The lowest BCUT2D eigenvalue weighted by molar-refractivity contribution is -0.0501. The number of hydrogen-bond donors (Lipinski definition) is 0. The van der Waals surface area contributed by atoms with Crippen molar-refractivity contribution in [1.82, 2.24) is 0 Å². The van der Waals surface area contributed by atoms with Crippen LogP contribution in [-0.4, -0.2) is 22.9 Å². The molecule has 18 heavy (non-hydrogen) atoms. The van der Waals surface area contributed by atoms with E-state index in [0.717, 1.165) is 18.6 Å². The lowest BCUT2D eigenvalue weighted by atomic mass is 9.94. The van der Waals surface area contributed by atoms with Crippen LogP contribution in [0, 0.1) is 0 Å². The van der Waals surface area contributed by atoms with Crippen LogP contribution in [0.3, 0.4) is 0 Å². The van der Waals surface area contributed by atoms with E-state index in [4.69, 9.17) is 0 Å². The number of para-hydroxylation sites is 1. The van der Waals surface area contributed by atoms with Crippen molar-refractivity contribution in [1.29, 1.82) is 0 Å². The van der Waals surface area contributed by atoms with Crippen molar-refractivity contribution in [2.24, 2.45) is 0 Å². The van der Waals surface area contributed by atoms with Crippen LogP contribution in [0.2, 0.25) is 0 Å². The summed E-state index contributed by atoms with van der Waals surface area (Å²) in [6, 6.07) is 6.19. The Kier molecular flexibility index (Phi) is 3.90. The average Bonchev–Trinajstić information content (AvgIpc) is 2.76. The predicted octanol–water partition coefficient (Wildman–Crippen LogP) is 3.76. The van der Waals surface area contributed by atoms with Crippen molar-refractivity contribution in [2.45, 2.75) is 31.1 Å². The highest BCUT2D eigenvalue weighted by molar-refractivity contribution is 8.01. The largest absolute Gasteiger partial charge is 0.434 e. The molecule has 1 fully saturated rings. The molecule has 0 N–H and O–H groups in total. The van der Waals surface area contributed by atoms with Crippen LogP contribution in [0.15, 0.2) is 24.3 Å². The van der Waals surface area contributed by atoms with Crippen LogP contribution < -0.4 is 4.74 Å². The van der Waals surface area contributed by atoms with Gasteiger partial charge < -0.3 is 4.74 Å². The molecule has 1 atom stereocenters. The number of ketones is 1. The molecule has 0 spiro atoms. The zero-order chi connectivity index (χ0) is 13.2. The molecule has 1 unspecified atom stereocenters. The fourth-order valence-corrected chi connectivity index (χ4v) is 3.36. The van der Waals surface area contributed by atoms with E-state index in [9.17, 15) is 13.6 Å². The summed E-state index contributed by atoms with van der Waals surface area (Å²) in [6.45, 7) is -1.05. The summed E-state index contributed by atoms with van der Waals surface area (Å²) in [5, 5.41) is 0. The smallest absolute Gasteiger partial charge is 0.387 e. The van der Waals surface area contributed by atoms with Gasteiger partial charge in [0.1, 0.15) is 5.75 Å². The van der Waals surface area contributed by atoms with Gasteiger partial charge in [-0.2, -0.15) is 8.78 Å². The zero-order valence-corrected chi connectivity index (χ0v) is 10.8. The summed E-state index contributed by atoms with van der Waals surface area (Å²) >= 11 is 1.58. The van der Waals surface area contributed by atoms with E-state index in [1.54, 1.807) is 30.0 Å². The van der Waals surface area contributed by atoms with Gasteiger partial charge in [-0.15, -0.1) is 11.8 Å². The van der Waals surface area contributed by atoms with Crippen molar-refractivity contribution in [3.63, 3.8) is 0 Å². The van der Waals surface area contributed by atoms with Gasteiger partial charge in [0.05, 0.1) is 10.3 Å². The molecular weight excluding hydrogens is 258 g/mol. The summed E-state index contributed by atoms with van der Waals surface area (Å²) < 4.78 is 28.5. The van der Waals surface area contributed by atoms with Gasteiger partial charge in [0, 0.05) is 0 Å². The molecule has 98 valence electrons. The zero-order valence-electron chi connectivity index (χ0n) is 9.99. The van der Waals surface area contributed by atoms with E-state index < -0.39 is 11.4 Å². The minimum Gasteiger partial charge on any atom is -0.434 e. The fraction of sp³-hybridized carbons (Fsp3) is 0.462. The van der Waals surface area contributed by atoms with Gasteiger partial charge in [0.2, 0.25) is 0 Å². The standard InChI is InChI=1S/C13H14F2O2S/c1-13(7-4-8-18-13)11(16)9-5-2-3-6-10(9)17-12(14)15/h2-3,5-6,12H,4,7-8H2,1H3. The first-order valence-electron chi connectivity index (χ1n) is 5.75. The molecule has 1 saturated heterocycles. The lowest BCUT2D eigenvalue weighted by Crippen LogP contribution is -2.29. The number of halogens is 2. The summed E-state index contributed by atoms with van der Waals surface area (Å²) in [5.41, 5.74) is 0.245. The number of carbonyl (C=O) groups excluding carboxylic acids is 1. The molecule has 0 saturated carbocycles. The van der Waals surface area contributed by atoms with Crippen LogP contribution in [0.25, 0.3) is 0 Å². The Morgan fingerprint density at radius 3 is 2.78 bits per heavy atom. The molecular formula is C13H14F2O2S. The molecule has 0 aliphatic carbocycles. The Morgan fingerprint density at radius 2 is 2.17 bits per heavy atom. The number of ether oxygens (including phenoxy) is 1. The first-order chi connectivity index (χ1) is 8.53. The van der Waals surface area contributed by atoms with Crippen molar-refractivity contribution in [2.75, 3.05) is 5.75 Å². The number of thioether (sulfide) groups is 1. The molecule has 0 amide bonds. The van der Waals surface area contributed by atoms with E-state index in [1.165, 1.54) is 6.07 Å². The topological polar surface area (TPSA) is 26.3 Å². The highest BCUT2D eigenvalue weighted by atomic mass is 32.2. The highest BCUT2D eigenvalue weighted by Gasteiger charge is 2.38. The van der Waals surface area contributed by atoms with Gasteiger partial charge in [0.15, 0.2) is 5.78 Å². The third-order valence-corrected chi connectivity index (χ3v) is 4.57. The summed E-state index contributed by atoms with van der Waals surface area (Å²) in [6.07, 6.45) is 1.75. The molecule has 1 heterocycles. The van der Waals surface area contributed by atoms with E-state index in [0.29, 0.717) is 0 Å². The maximum absolute atomic E-state index is 12.4. The van der Waals surface area contributed by atoms with E-state index in [-0.39, 0.29) is 17.1 Å². The van der Waals surface area contributed by atoms with Gasteiger partial charge in [-0.3, -0.25) is 4.79 Å². The van der Waals surface area contributed by atoms with Crippen LogP contribution in [0.1, 0.15) is 30.1 Å². The first-order valence-corrected chi connectivity index (χ1v) is 6.74. The predicted molar refractivity (Wildman–Crippen MR) is 67.5 cm³/mol. The van der Waals surface area contributed by atoms with Gasteiger partial charge in [-0.25, -0.2) is 0 Å². The molecule has 1 aromatic rings. The Labute approximate surface area is 109 Å². The molecule has 2 rings (SSSR count). The number of alkyl halides is 2. The number of carbonyl (C=O) groups is 1. The van der Waals surface area contributed by atoms with Gasteiger partial charge in [-0.05, 0) is 37.7 Å². The molecule has 1 aromatic carbocycles. The molecule has 0 bridgehead atoms. The van der Waals surface area contributed by atoms with Crippen LogP contribution in [-0.2, 0) is 0 Å². The van der Waals surface area contributed by atoms with E-state index in [1.807, 2.05) is 6.92 Å². The maximum Gasteiger partial charge on any atom is 0.387 e. The van der Waals surface area contributed by atoms with E-state index >= 15 is 0 Å². The van der Waals surface area contributed by atoms with Crippen molar-refractivity contribution >= 4 is 17.5 Å². The van der Waals surface area contributed by atoms with Crippen molar-refractivity contribution in [3.8, 4) is 5.75 Å². The SMILES string of the molecule is CC1(C(=O)c2ccccc2OC(F)F)CCCS1. The summed E-state index contributed by atoms with van der Waals surface area (Å²) in [5.74, 6) is 0.771. The Hall–Kier alpha value is -1.10. The summed E-state index contributed by atoms with van der Waals surface area (Å²) in [4.78, 5) is 12.4. The normalized spacial score (nSPS) is 23.3. The van der Waals surface area contributed by atoms with Gasteiger partial charge in [-0.1, -0.05) is 12.1 Å². The maximum atomic E-state index is 12.4.